The Morgan fingerprint density at radius 1 is 1.42 bits per heavy atom. The van der Waals surface area contributed by atoms with Gasteiger partial charge in [-0.3, -0.25) is 10.1 Å². The van der Waals surface area contributed by atoms with Gasteiger partial charge in [0.25, 0.3) is 5.69 Å². The molecule has 0 bridgehead atoms. The van der Waals surface area contributed by atoms with Gasteiger partial charge in [0.2, 0.25) is 10.0 Å². The second-order valence-corrected chi connectivity index (χ2v) is 5.68. The number of nitrogens with one attached hydrogen (secondary N) is 1. The lowest BCUT2D eigenvalue weighted by Crippen LogP contribution is -2.24. The molecule has 0 unspecified atom stereocenters. The topological polar surface area (TPSA) is 89.3 Å². The fraction of sp³-hybridized carbons (Fsp3) is 0.273. The maximum Gasteiger partial charge on any atom is 0.273 e. The minimum atomic E-state index is -3.78. The van der Waals surface area contributed by atoms with Gasteiger partial charge in [-0.05, 0) is 13.0 Å². The molecule has 0 heterocycles. The summed E-state index contributed by atoms with van der Waals surface area (Å²) in [6, 6.07) is 3.94. The van der Waals surface area contributed by atoms with Crippen molar-refractivity contribution in [2.24, 2.45) is 0 Å². The maximum atomic E-state index is 12.0. The van der Waals surface area contributed by atoms with E-state index in [1.165, 1.54) is 25.1 Å². The van der Waals surface area contributed by atoms with E-state index >= 15 is 0 Å². The third kappa shape index (κ3) is 4.02. The molecule has 0 aliphatic heterocycles. The van der Waals surface area contributed by atoms with Crippen molar-refractivity contribution in [2.75, 3.05) is 12.4 Å². The molecular formula is C11H13ClN2O4S. The van der Waals surface area contributed by atoms with Crippen LogP contribution >= 0.6 is 11.6 Å². The second kappa shape index (κ2) is 6.65. The summed E-state index contributed by atoms with van der Waals surface area (Å²) in [5.41, 5.74) is -0.111. The SMILES string of the molecule is Cc1c([N+](=O)[O-])cccc1S(=O)(=O)NC/C=C/CCl. The van der Waals surface area contributed by atoms with E-state index in [0.717, 1.165) is 0 Å². The van der Waals surface area contributed by atoms with Crippen LogP contribution in [0.3, 0.4) is 0 Å². The molecule has 1 aromatic rings. The predicted molar refractivity (Wildman–Crippen MR) is 72.9 cm³/mol. The molecule has 0 aliphatic rings. The molecule has 0 aromatic heterocycles. The number of benzene rings is 1. The van der Waals surface area contributed by atoms with Crippen molar-refractivity contribution < 1.29 is 13.3 Å². The minimum Gasteiger partial charge on any atom is -0.258 e. The van der Waals surface area contributed by atoms with E-state index < -0.39 is 14.9 Å². The Bertz CT molecular complexity index is 599. The number of hydrogen-bond donors (Lipinski definition) is 1. The van der Waals surface area contributed by atoms with E-state index in [1.54, 1.807) is 12.2 Å². The first-order valence-electron chi connectivity index (χ1n) is 5.34. The van der Waals surface area contributed by atoms with Crippen LogP contribution in [0.4, 0.5) is 5.69 Å². The zero-order chi connectivity index (χ0) is 14.5. The standard InChI is InChI=1S/C11H13ClN2O4S/c1-9-10(14(15)16)5-4-6-11(9)19(17,18)13-8-3-2-7-12/h2-6,13H,7-8H2,1H3/b3-2+. The lowest BCUT2D eigenvalue weighted by Gasteiger charge is -2.07. The molecular weight excluding hydrogens is 292 g/mol. The molecule has 0 saturated carbocycles. The van der Waals surface area contributed by atoms with Crippen LogP contribution in [-0.2, 0) is 10.0 Å². The van der Waals surface area contributed by atoms with Crippen LogP contribution in [0.2, 0.25) is 0 Å². The first-order chi connectivity index (χ1) is 8.90. The highest BCUT2D eigenvalue weighted by molar-refractivity contribution is 7.89. The van der Waals surface area contributed by atoms with Crippen LogP contribution < -0.4 is 4.72 Å². The molecule has 0 atom stereocenters. The molecule has 0 saturated heterocycles. The number of alkyl halides is 1. The summed E-state index contributed by atoms with van der Waals surface area (Å²) in [6.07, 6.45) is 3.17. The van der Waals surface area contributed by atoms with Crippen LogP contribution in [-0.4, -0.2) is 25.8 Å². The van der Waals surface area contributed by atoms with Gasteiger partial charge in [0.1, 0.15) is 0 Å². The molecule has 8 heteroatoms. The highest BCUT2D eigenvalue weighted by atomic mass is 35.5. The molecule has 104 valence electrons. The van der Waals surface area contributed by atoms with Gasteiger partial charge in [-0.2, -0.15) is 0 Å². The van der Waals surface area contributed by atoms with E-state index in [4.69, 9.17) is 11.6 Å². The Hall–Kier alpha value is -1.44. The highest BCUT2D eigenvalue weighted by Gasteiger charge is 2.21. The Kier molecular flexibility index (Phi) is 5.46. The average Bonchev–Trinajstić information content (AvgIpc) is 2.34. The summed E-state index contributed by atoms with van der Waals surface area (Å²) >= 11 is 5.41. The van der Waals surface area contributed by atoms with E-state index in [2.05, 4.69) is 4.72 Å². The average molecular weight is 305 g/mol. The van der Waals surface area contributed by atoms with Crippen molar-refractivity contribution in [2.45, 2.75) is 11.8 Å². The summed E-state index contributed by atoms with van der Waals surface area (Å²) in [5, 5.41) is 10.8. The molecule has 0 fully saturated rings. The number of sulfonamides is 1. The zero-order valence-electron chi connectivity index (χ0n) is 10.2. The minimum absolute atomic E-state index is 0.0805. The van der Waals surface area contributed by atoms with Crippen molar-refractivity contribution in [3.63, 3.8) is 0 Å². The summed E-state index contributed by atoms with van der Waals surface area (Å²) in [4.78, 5) is 10.1. The number of allylic oxidation sites excluding steroid dienone is 1. The van der Waals surface area contributed by atoms with E-state index in [9.17, 15) is 18.5 Å². The normalized spacial score (nSPS) is 11.9. The van der Waals surface area contributed by atoms with Gasteiger partial charge in [-0.25, -0.2) is 13.1 Å². The fourth-order valence-electron chi connectivity index (χ4n) is 1.47. The molecule has 1 aromatic carbocycles. The van der Waals surface area contributed by atoms with E-state index in [-0.39, 0.29) is 28.6 Å². The third-order valence-electron chi connectivity index (χ3n) is 2.39. The number of nitro groups is 1. The monoisotopic (exact) mass is 304 g/mol. The van der Waals surface area contributed by atoms with Crippen molar-refractivity contribution in [1.29, 1.82) is 0 Å². The van der Waals surface area contributed by atoms with Crippen LogP contribution in [0.5, 0.6) is 0 Å². The van der Waals surface area contributed by atoms with Crippen molar-refractivity contribution in [3.8, 4) is 0 Å². The van der Waals surface area contributed by atoms with Gasteiger partial charge < -0.3 is 0 Å². The van der Waals surface area contributed by atoms with Gasteiger partial charge >= 0.3 is 0 Å². The van der Waals surface area contributed by atoms with Gasteiger partial charge in [-0.15, -0.1) is 11.6 Å². The third-order valence-corrected chi connectivity index (χ3v) is 4.13. The number of nitrogens with zero attached hydrogens (tertiary/aromatic N) is 1. The Balaban J connectivity index is 3.05. The summed E-state index contributed by atoms with van der Waals surface area (Å²) < 4.78 is 26.3. The Morgan fingerprint density at radius 3 is 2.68 bits per heavy atom. The molecule has 19 heavy (non-hydrogen) atoms. The molecule has 1 rings (SSSR count). The van der Waals surface area contributed by atoms with Crippen LogP contribution in [0.25, 0.3) is 0 Å². The number of halogens is 1. The van der Waals surface area contributed by atoms with Gasteiger partial charge in [0.05, 0.1) is 9.82 Å². The summed E-state index contributed by atoms with van der Waals surface area (Å²) in [6.45, 7) is 1.48. The van der Waals surface area contributed by atoms with Crippen molar-refractivity contribution >= 4 is 27.3 Å². The first-order valence-corrected chi connectivity index (χ1v) is 7.36. The Labute approximate surface area is 116 Å². The van der Waals surface area contributed by atoms with Crippen LogP contribution in [0, 0.1) is 17.0 Å². The van der Waals surface area contributed by atoms with Crippen molar-refractivity contribution in [1.82, 2.24) is 4.72 Å². The highest BCUT2D eigenvalue weighted by Crippen LogP contribution is 2.24. The largest absolute Gasteiger partial charge is 0.273 e. The number of hydrogen-bond acceptors (Lipinski definition) is 4. The fourth-order valence-corrected chi connectivity index (χ4v) is 2.84. The van der Waals surface area contributed by atoms with E-state index in [0.29, 0.717) is 0 Å². The van der Waals surface area contributed by atoms with Crippen LogP contribution in [0.15, 0.2) is 35.2 Å². The molecule has 1 N–H and O–H groups in total. The number of rotatable bonds is 6. The zero-order valence-corrected chi connectivity index (χ0v) is 11.7. The smallest absolute Gasteiger partial charge is 0.258 e. The maximum absolute atomic E-state index is 12.0. The summed E-state index contributed by atoms with van der Waals surface area (Å²) in [7, 11) is -3.78. The summed E-state index contributed by atoms with van der Waals surface area (Å²) in [5.74, 6) is 0.289. The quantitative estimate of drug-likeness (QED) is 0.376. The molecule has 0 spiro atoms. The van der Waals surface area contributed by atoms with E-state index in [1.807, 2.05) is 0 Å². The first kappa shape index (κ1) is 15.6. The van der Waals surface area contributed by atoms with Crippen molar-refractivity contribution in [3.05, 3.63) is 46.0 Å². The van der Waals surface area contributed by atoms with Gasteiger partial charge in [0, 0.05) is 24.1 Å². The second-order valence-electron chi connectivity index (χ2n) is 3.63. The molecule has 6 nitrogen and oxygen atoms in total. The van der Waals surface area contributed by atoms with Gasteiger partial charge in [-0.1, -0.05) is 18.2 Å². The molecule has 0 radical (unpaired) electrons. The molecule has 0 aliphatic carbocycles. The lowest BCUT2D eigenvalue weighted by atomic mass is 10.2. The molecule has 0 amide bonds. The number of nitro benzene ring substituents is 1. The lowest BCUT2D eigenvalue weighted by molar-refractivity contribution is -0.385. The van der Waals surface area contributed by atoms with Crippen LogP contribution in [0.1, 0.15) is 5.56 Å². The predicted octanol–water partition coefficient (Wildman–Crippen LogP) is 1.98. The Morgan fingerprint density at radius 2 is 2.11 bits per heavy atom. The van der Waals surface area contributed by atoms with Gasteiger partial charge in [0.15, 0.2) is 0 Å².